The molecule has 0 radical (unpaired) electrons. The minimum atomic E-state index is -0.357. The Bertz CT molecular complexity index is 1010. The topological polar surface area (TPSA) is 98.1 Å². The first-order valence-corrected chi connectivity index (χ1v) is 10.3. The Morgan fingerprint density at radius 1 is 1.10 bits per heavy atom. The lowest BCUT2D eigenvalue weighted by Gasteiger charge is -2.14. The van der Waals surface area contributed by atoms with Crippen molar-refractivity contribution in [3.8, 4) is 5.75 Å². The molecular weight excluding hydrogens is 402 g/mol. The Morgan fingerprint density at radius 3 is 2.47 bits per heavy atom. The van der Waals surface area contributed by atoms with Crippen LogP contribution < -0.4 is 15.4 Å². The first-order valence-electron chi connectivity index (χ1n) is 9.30. The number of ether oxygens (including phenoxy) is 1. The molecule has 0 spiro atoms. The molecule has 0 saturated carbocycles. The van der Waals surface area contributed by atoms with Crippen molar-refractivity contribution >= 4 is 29.3 Å². The first-order chi connectivity index (χ1) is 14.5. The average Bonchev–Trinajstić information content (AvgIpc) is 3.13. The third kappa shape index (κ3) is 5.38. The Morgan fingerprint density at radius 2 is 1.80 bits per heavy atom. The number of carbonyl (C=O) groups is 2. The van der Waals surface area contributed by atoms with Crippen LogP contribution in [0.4, 0.5) is 5.69 Å². The summed E-state index contributed by atoms with van der Waals surface area (Å²) >= 11 is 1.28. The van der Waals surface area contributed by atoms with Crippen LogP contribution in [0.25, 0.3) is 0 Å². The van der Waals surface area contributed by atoms with Gasteiger partial charge < -0.3 is 19.9 Å². The number of hydrogen-bond donors (Lipinski definition) is 2. The number of amides is 2. The number of nitrogens with zero attached hydrogens (tertiary/aromatic N) is 3. The number of thioether (sulfide) groups is 1. The van der Waals surface area contributed by atoms with Crippen LogP contribution in [0.1, 0.15) is 29.1 Å². The quantitative estimate of drug-likeness (QED) is 0.539. The average molecular weight is 426 g/mol. The molecule has 0 fully saturated rings. The summed E-state index contributed by atoms with van der Waals surface area (Å²) in [5.41, 5.74) is 1.27. The van der Waals surface area contributed by atoms with E-state index >= 15 is 0 Å². The van der Waals surface area contributed by atoms with Crippen LogP contribution in [0.2, 0.25) is 0 Å². The second kappa shape index (κ2) is 9.93. The van der Waals surface area contributed by atoms with Gasteiger partial charge in [-0.3, -0.25) is 9.59 Å². The fourth-order valence-corrected chi connectivity index (χ4v) is 3.48. The summed E-state index contributed by atoms with van der Waals surface area (Å²) in [7, 11) is 3.38. The number of para-hydroxylation sites is 1. The molecule has 1 heterocycles. The molecule has 8 nitrogen and oxygen atoms in total. The van der Waals surface area contributed by atoms with Crippen LogP contribution in [0, 0.1) is 0 Å². The molecule has 0 aliphatic carbocycles. The van der Waals surface area contributed by atoms with Crippen LogP contribution in [0.15, 0.2) is 59.8 Å². The Labute approximate surface area is 179 Å². The van der Waals surface area contributed by atoms with Crippen molar-refractivity contribution in [1.82, 2.24) is 20.1 Å². The summed E-state index contributed by atoms with van der Waals surface area (Å²) in [5.74, 6) is 1.14. The lowest BCUT2D eigenvalue weighted by atomic mass is 10.2. The van der Waals surface area contributed by atoms with E-state index in [4.69, 9.17) is 4.74 Å². The maximum absolute atomic E-state index is 12.5. The second-order valence-corrected chi connectivity index (χ2v) is 7.47. The molecule has 1 unspecified atom stereocenters. The van der Waals surface area contributed by atoms with E-state index in [0.29, 0.717) is 22.3 Å². The lowest BCUT2D eigenvalue weighted by Crippen LogP contribution is -2.28. The Hall–Kier alpha value is -3.33. The van der Waals surface area contributed by atoms with E-state index in [9.17, 15) is 9.59 Å². The largest absolute Gasteiger partial charge is 0.497 e. The fourth-order valence-electron chi connectivity index (χ4n) is 2.76. The van der Waals surface area contributed by atoms with Crippen molar-refractivity contribution in [3.05, 3.63) is 66.0 Å². The van der Waals surface area contributed by atoms with Crippen LogP contribution in [0.5, 0.6) is 5.75 Å². The molecular formula is C21H23N5O3S. The van der Waals surface area contributed by atoms with E-state index in [1.165, 1.54) is 11.8 Å². The van der Waals surface area contributed by atoms with Crippen LogP contribution in [-0.4, -0.2) is 39.4 Å². The van der Waals surface area contributed by atoms with Gasteiger partial charge in [0.15, 0.2) is 11.0 Å². The zero-order valence-corrected chi connectivity index (χ0v) is 17.8. The third-order valence-corrected chi connectivity index (χ3v) is 5.37. The highest BCUT2D eigenvalue weighted by Gasteiger charge is 2.19. The summed E-state index contributed by atoms with van der Waals surface area (Å²) in [6.45, 7) is 1.84. The van der Waals surface area contributed by atoms with Gasteiger partial charge in [0.25, 0.3) is 5.91 Å². The summed E-state index contributed by atoms with van der Waals surface area (Å²) in [4.78, 5) is 24.6. The van der Waals surface area contributed by atoms with E-state index < -0.39 is 0 Å². The van der Waals surface area contributed by atoms with Crippen molar-refractivity contribution in [3.63, 3.8) is 0 Å². The van der Waals surface area contributed by atoms with E-state index in [-0.39, 0.29) is 23.6 Å². The summed E-state index contributed by atoms with van der Waals surface area (Å²) < 4.78 is 6.88. The second-order valence-electron chi connectivity index (χ2n) is 6.53. The summed E-state index contributed by atoms with van der Waals surface area (Å²) in [6.07, 6.45) is 0. The molecule has 1 aromatic heterocycles. The predicted octanol–water partition coefficient (Wildman–Crippen LogP) is 3.05. The molecule has 0 bridgehead atoms. The van der Waals surface area contributed by atoms with Crippen molar-refractivity contribution < 1.29 is 14.3 Å². The number of benzene rings is 2. The number of rotatable bonds is 8. The van der Waals surface area contributed by atoms with Gasteiger partial charge in [0, 0.05) is 18.3 Å². The molecule has 2 aromatic carbocycles. The van der Waals surface area contributed by atoms with Crippen molar-refractivity contribution in [2.45, 2.75) is 18.1 Å². The minimum absolute atomic E-state index is 0.128. The molecule has 0 aliphatic rings. The van der Waals surface area contributed by atoms with Gasteiger partial charge in [0.1, 0.15) is 5.75 Å². The number of aromatic nitrogens is 3. The third-order valence-electron chi connectivity index (χ3n) is 4.35. The van der Waals surface area contributed by atoms with Gasteiger partial charge in [0.05, 0.1) is 18.9 Å². The van der Waals surface area contributed by atoms with Crippen molar-refractivity contribution in [2.75, 3.05) is 18.2 Å². The lowest BCUT2D eigenvalue weighted by molar-refractivity contribution is -0.113. The monoisotopic (exact) mass is 425 g/mol. The number of carbonyl (C=O) groups excluding carboxylic acids is 2. The molecule has 30 heavy (non-hydrogen) atoms. The van der Waals surface area contributed by atoms with Gasteiger partial charge in [-0.05, 0) is 43.3 Å². The fraction of sp³-hybridized carbons (Fsp3) is 0.238. The number of methoxy groups -OCH3 is 1. The Balaban J connectivity index is 1.56. The van der Waals surface area contributed by atoms with E-state index in [1.54, 1.807) is 35.9 Å². The molecule has 1 atom stereocenters. The highest BCUT2D eigenvalue weighted by molar-refractivity contribution is 7.99. The van der Waals surface area contributed by atoms with Gasteiger partial charge in [0.2, 0.25) is 5.91 Å². The van der Waals surface area contributed by atoms with E-state index in [2.05, 4.69) is 20.8 Å². The summed E-state index contributed by atoms with van der Waals surface area (Å²) in [5, 5.41) is 14.7. The van der Waals surface area contributed by atoms with E-state index in [1.807, 2.05) is 44.3 Å². The molecule has 3 rings (SSSR count). The number of anilines is 1. The molecule has 9 heteroatoms. The Kier molecular flexibility index (Phi) is 7.08. The highest BCUT2D eigenvalue weighted by atomic mass is 32.2. The molecule has 2 amide bonds. The summed E-state index contributed by atoms with van der Waals surface area (Å²) in [6, 6.07) is 15.8. The number of hydrogen-bond acceptors (Lipinski definition) is 6. The molecule has 3 aromatic rings. The zero-order valence-electron chi connectivity index (χ0n) is 17.0. The maximum atomic E-state index is 12.5. The number of nitrogens with one attached hydrogen (secondary N) is 2. The van der Waals surface area contributed by atoms with Crippen molar-refractivity contribution in [1.29, 1.82) is 0 Å². The first kappa shape index (κ1) is 21.4. The molecule has 0 aliphatic heterocycles. The van der Waals surface area contributed by atoms with E-state index in [0.717, 1.165) is 5.69 Å². The maximum Gasteiger partial charge on any atom is 0.251 e. The van der Waals surface area contributed by atoms with Gasteiger partial charge in [-0.25, -0.2) is 0 Å². The van der Waals surface area contributed by atoms with Crippen LogP contribution in [-0.2, 0) is 11.8 Å². The van der Waals surface area contributed by atoms with Crippen molar-refractivity contribution in [2.24, 2.45) is 7.05 Å². The molecule has 2 N–H and O–H groups in total. The predicted molar refractivity (Wildman–Crippen MR) is 116 cm³/mol. The standard InChI is InChI=1S/C21H23N5O3S/c1-14(22-20(28)15-9-11-17(29-3)12-10-15)19-24-25-21(26(19)2)30-13-18(27)23-16-7-5-4-6-8-16/h4-12,14H,13H2,1-3H3,(H,22,28)(H,23,27). The van der Waals surface area contributed by atoms with Gasteiger partial charge in [-0.2, -0.15) is 0 Å². The van der Waals surface area contributed by atoms with Gasteiger partial charge in [-0.15, -0.1) is 10.2 Å². The highest BCUT2D eigenvalue weighted by Crippen LogP contribution is 2.20. The van der Waals surface area contributed by atoms with Gasteiger partial charge in [-0.1, -0.05) is 30.0 Å². The van der Waals surface area contributed by atoms with Crippen LogP contribution >= 0.6 is 11.8 Å². The van der Waals surface area contributed by atoms with Gasteiger partial charge >= 0.3 is 0 Å². The zero-order chi connectivity index (χ0) is 21.5. The smallest absolute Gasteiger partial charge is 0.251 e. The SMILES string of the molecule is COc1ccc(C(=O)NC(C)c2nnc(SCC(=O)Nc3ccccc3)n2C)cc1. The molecule has 0 saturated heterocycles. The van der Waals surface area contributed by atoms with Crippen LogP contribution in [0.3, 0.4) is 0 Å². The normalized spacial score (nSPS) is 11.6. The minimum Gasteiger partial charge on any atom is -0.497 e. The molecule has 156 valence electrons.